The number of para-hydroxylation sites is 2. The Morgan fingerprint density at radius 3 is 2.31 bits per heavy atom. The number of hydrazine groups is 1. The van der Waals surface area contributed by atoms with Crippen LogP contribution < -0.4 is 15.2 Å². The fraction of sp³-hybridized carbons (Fsp3) is 0.136. The van der Waals surface area contributed by atoms with Gasteiger partial charge in [-0.25, -0.2) is 0 Å². The zero-order valence-corrected chi connectivity index (χ0v) is 14.3. The minimum atomic E-state index is -0.505. The molecule has 0 radical (unpaired) electrons. The van der Waals surface area contributed by atoms with Gasteiger partial charge in [0, 0.05) is 6.42 Å². The summed E-state index contributed by atoms with van der Waals surface area (Å²) in [6, 6.07) is 27.7. The molecular formula is C22H20N2O2. The van der Waals surface area contributed by atoms with E-state index in [1.54, 1.807) is 0 Å². The summed E-state index contributed by atoms with van der Waals surface area (Å²) in [5.74, 6) is 0.656. The van der Waals surface area contributed by atoms with Crippen LogP contribution in [0.2, 0.25) is 0 Å². The third-order valence-electron chi connectivity index (χ3n) is 4.44. The number of anilines is 1. The lowest BCUT2D eigenvalue weighted by Gasteiger charge is -2.26. The fourth-order valence-corrected chi connectivity index (χ4v) is 3.10. The molecule has 4 rings (SSSR count). The predicted octanol–water partition coefficient (Wildman–Crippen LogP) is 3.73. The lowest BCUT2D eigenvalue weighted by Crippen LogP contribution is -2.48. The third kappa shape index (κ3) is 3.54. The summed E-state index contributed by atoms with van der Waals surface area (Å²) in [5.41, 5.74) is 6.15. The van der Waals surface area contributed by atoms with E-state index in [0.29, 0.717) is 13.0 Å². The molecule has 1 amide bonds. The van der Waals surface area contributed by atoms with Crippen LogP contribution in [-0.2, 0) is 17.8 Å². The first kappa shape index (κ1) is 16.2. The SMILES string of the molecule is O=C(NN(Cc1ccccc1)c1ccccc1)[C@@H]1Cc2ccccc2O1. The van der Waals surface area contributed by atoms with Crippen molar-refractivity contribution >= 4 is 11.6 Å². The van der Waals surface area contributed by atoms with Crippen LogP contribution in [0.5, 0.6) is 5.75 Å². The van der Waals surface area contributed by atoms with E-state index in [4.69, 9.17) is 4.74 Å². The van der Waals surface area contributed by atoms with Crippen molar-refractivity contribution in [2.75, 3.05) is 5.01 Å². The Kier molecular flexibility index (Phi) is 4.56. The minimum absolute atomic E-state index is 0.138. The number of hydrogen-bond acceptors (Lipinski definition) is 3. The van der Waals surface area contributed by atoms with E-state index in [1.807, 2.05) is 89.9 Å². The molecule has 0 unspecified atom stereocenters. The molecule has 1 atom stereocenters. The molecule has 130 valence electrons. The van der Waals surface area contributed by atoms with Gasteiger partial charge in [0.25, 0.3) is 5.91 Å². The topological polar surface area (TPSA) is 41.6 Å². The average Bonchev–Trinajstić information content (AvgIpc) is 3.13. The number of nitrogens with zero attached hydrogens (tertiary/aromatic N) is 1. The highest BCUT2D eigenvalue weighted by Gasteiger charge is 2.29. The Balaban J connectivity index is 1.51. The molecule has 0 saturated carbocycles. The van der Waals surface area contributed by atoms with Crippen LogP contribution in [0.4, 0.5) is 5.69 Å². The van der Waals surface area contributed by atoms with Crippen LogP contribution in [0.15, 0.2) is 84.9 Å². The molecular weight excluding hydrogens is 324 g/mol. The van der Waals surface area contributed by atoms with Crippen molar-refractivity contribution in [3.8, 4) is 5.75 Å². The van der Waals surface area contributed by atoms with Crippen LogP contribution in [-0.4, -0.2) is 12.0 Å². The highest BCUT2D eigenvalue weighted by Crippen LogP contribution is 2.28. The molecule has 3 aromatic rings. The molecule has 0 aromatic heterocycles. The molecule has 0 fully saturated rings. The molecule has 4 heteroatoms. The molecule has 3 aromatic carbocycles. The molecule has 0 bridgehead atoms. The summed E-state index contributed by atoms with van der Waals surface area (Å²) >= 11 is 0. The molecule has 1 N–H and O–H groups in total. The lowest BCUT2D eigenvalue weighted by atomic mass is 10.1. The molecule has 0 saturated heterocycles. The van der Waals surface area contributed by atoms with E-state index in [9.17, 15) is 4.79 Å². The van der Waals surface area contributed by atoms with E-state index in [-0.39, 0.29) is 5.91 Å². The highest BCUT2D eigenvalue weighted by atomic mass is 16.5. The summed E-state index contributed by atoms with van der Waals surface area (Å²) in [5, 5.41) is 1.87. The molecule has 1 aliphatic rings. The Hall–Kier alpha value is -3.27. The summed E-state index contributed by atoms with van der Waals surface area (Å²) in [6.45, 7) is 0.580. The highest BCUT2D eigenvalue weighted by molar-refractivity contribution is 5.84. The maximum absolute atomic E-state index is 12.8. The fourth-order valence-electron chi connectivity index (χ4n) is 3.10. The van der Waals surface area contributed by atoms with E-state index >= 15 is 0 Å². The van der Waals surface area contributed by atoms with Gasteiger partial charge >= 0.3 is 0 Å². The van der Waals surface area contributed by atoms with Gasteiger partial charge in [0.1, 0.15) is 5.75 Å². The van der Waals surface area contributed by atoms with Crippen molar-refractivity contribution in [1.29, 1.82) is 0 Å². The number of nitrogens with one attached hydrogen (secondary N) is 1. The van der Waals surface area contributed by atoms with Crippen molar-refractivity contribution in [1.82, 2.24) is 5.43 Å². The molecule has 26 heavy (non-hydrogen) atoms. The normalized spacial score (nSPS) is 15.0. The Morgan fingerprint density at radius 2 is 1.58 bits per heavy atom. The van der Waals surface area contributed by atoms with Gasteiger partial charge in [0.2, 0.25) is 0 Å². The van der Waals surface area contributed by atoms with Crippen molar-refractivity contribution in [3.05, 3.63) is 96.1 Å². The van der Waals surface area contributed by atoms with Crippen LogP contribution in [0.25, 0.3) is 0 Å². The van der Waals surface area contributed by atoms with Gasteiger partial charge in [-0.05, 0) is 29.3 Å². The summed E-state index contributed by atoms with van der Waals surface area (Å²) < 4.78 is 5.82. The number of hydrogen-bond donors (Lipinski definition) is 1. The largest absolute Gasteiger partial charge is 0.480 e. The third-order valence-corrected chi connectivity index (χ3v) is 4.44. The predicted molar refractivity (Wildman–Crippen MR) is 102 cm³/mol. The van der Waals surface area contributed by atoms with Gasteiger partial charge in [0.05, 0.1) is 12.2 Å². The Labute approximate surface area is 153 Å². The van der Waals surface area contributed by atoms with Crippen molar-refractivity contribution < 1.29 is 9.53 Å². The summed E-state index contributed by atoms with van der Waals surface area (Å²) in [7, 11) is 0. The first-order chi connectivity index (χ1) is 12.8. The number of carbonyl (C=O) groups excluding carboxylic acids is 1. The molecule has 0 spiro atoms. The van der Waals surface area contributed by atoms with Crippen molar-refractivity contribution in [2.24, 2.45) is 0 Å². The summed E-state index contributed by atoms with van der Waals surface area (Å²) in [4.78, 5) is 12.8. The minimum Gasteiger partial charge on any atom is -0.480 e. The zero-order chi connectivity index (χ0) is 17.8. The van der Waals surface area contributed by atoms with E-state index in [2.05, 4.69) is 5.43 Å². The van der Waals surface area contributed by atoms with Crippen LogP contribution >= 0.6 is 0 Å². The van der Waals surface area contributed by atoms with Gasteiger partial charge in [-0.15, -0.1) is 0 Å². The van der Waals surface area contributed by atoms with Crippen LogP contribution in [0, 0.1) is 0 Å². The first-order valence-electron chi connectivity index (χ1n) is 8.71. The lowest BCUT2D eigenvalue weighted by molar-refractivity contribution is -0.127. The van der Waals surface area contributed by atoms with Gasteiger partial charge in [-0.1, -0.05) is 66.7 Å². The van der Waals surface area contributed by atoms with E-state index < -0.39 is 6.10 Å². The first-order valence-corrected chi connectivity index (χ1v) is 8.71. The van der Waals surface area contributed by atoms with E-state index in [1.165, 1.54) is 0 Å². The molecule has 1 aliphatic heterocycles. The number of carbonyl (C=O) groups is 1. The quantitative estimate of drug-likeness (QED) is 0.717. The molecule has 0 aliphatic carbocycles. The van der Waals surface area contributed by atoms with E-state index in [0.717, 1.165) is 22.6 Å². The number of ether oxygens (including phenoxy) is 1. The van der Waals surface area contributed by atoms with Gasteiger partial charge < -0.3 is 4.74 Å². The van der Waals surface area contributed by atoms with Gasteiger partial charge in [-0.2, -0.15) is 0 Å². The second-order valence-electron chi connectivity index (χ2n) is 6.30. The smallest absolute Gasteiger partial charge is 0.279 e. The maximum atomic E-state index is 12.8. The van der Waals surface area contributed by atoms with Gasteiger partial charge in [0.15, 0.2) is 6.10 Å². The van der Waals surface area contributed by atoms with Crippen LogP contribution in [0.1, 0.15) is 11.1 Å². The maximum Gasteiger partial charge on any atom is 0.279 e. The number of benzene rings is 3. The Bertz CT molecular complexity index is 856. The standard InChI is InChI=1S/C22H20N2O2/c25-22(21-15-18-11-7-8-14-20(18)26-21)23-24(19-12-5-2-6-13-19)16-17-9-3-1-4-10-17/h1-14,21H,15-16H2,(H,23,25)/t21-/m0/s1. The monoisotopic (exact) mass is 344 g/mol. The second kappa shape index (κ2) is 7.31. The number of rotatable bonds is 5. The van der Waals surface area contributed by atoms with Crippen molar-refractivity contribution in [3.63, 3.8) is 0 Å². The average molecular weight is 344 g/mol. The second-order valence-corrected chi connectivity index (χ2v) is 6.30. The molecule has 4 nitrogen and oxygen atoms in total. The zero-order valence-electron chi connectivity index (χ0n) is 14.3. The summed E-state index contributed by atoms with van der Waals surface area (Å²) in [6.07, 6.45) is 0.0880. The van der Waals surface area contributed by atoms with Crippen molar-refractivity contribution in [2.45, 2.75) is 19.1 Å². The van der Waals surface area contributed by atoms with Gasteiger partial charge in [-0.3, -0.25) is 15.2 Å². The number of fused-ring (bicyclic) bond motifs is 1. The Morgan fingerprint density at radius 1 is 0.923 bits per heavy atom. The van der Waals surface area contributed by atoms with Crippen LogP contribution in [0.3, 0.4) is 0 Å². The molecule has 1 heterocycles. The number of amides is 1.